The van der Waals surface area contributed by atoms with Crippen LogP contribution in [0.1, 0.15) is 5.56 Å². The average Bonchev–Trinajstić information content (AvgIpc) is 2.77. The third-order valence-electron chi connectivity index (χ3n) is 2.53. The number of nitrogens with zero attached hydrogens (tertiary/aromatic N) is 1. The van der Waals surface area contributed by atoms with Crippen molar-refractivity contribution in [1.82, 2.24) is 15.5 Å². The van der Waals surface area contributed by atoms with E-state index in [1.54, 1.807) is 18.3 Å². The minimum Gasteiger partial charge on any atom is -0.369 e. The molecule has 0 saturated carbocycles. The Bertz CT molecular complexity index is 597. The van der Waals surface area contributed by atoms with E-state index in [2.05, 4.69) is 15.5 Å². The second kappa shape index (κ2) is 6.06. The van der Waals surface area contributed by atoms with Crippen molar-refractivity contribution in [2.24, 2.45) is 5.73 Å². The van der Waals surface area contributed by atoms with Crippen molar-refractivity contribution in [1.29, 1.82) is 0 Å². The number of hydrogen-bond acceptors (Lipinski definition) is 3. The summed E-state index contributed by atoms with van der Waals surface area (Å²) in [5.41, 5.74) is 7.55. The standard InChI is InChI=1S/C12H12Cl2N4O/c13-8-1-2-9(10(14)3-8)12-7(5-17-18-12)4-16-6-11(15)19/h1-3,5,16H,4,6H2,(H2,15,19)(H,17,18). The highest BCUT2D eigenvalue weighted by molar-refractivity contribution is 6.36. The van der Waals surface area contributed by atoms with Gasteiger partial charge in [0.05, 0.1) is 23.5 Å². The van der Waals surface area contributed by atoms with Crippen molar-refractivity contribution in [2.45, 2.75) is 6.54 Å². The molecule has 0 bridgehead atoms. The quantitative estimate of drug-likeness (QED) is 0.789. The maximum Gasteiger partial charge on any atom is 0.231 e. The normalized spacial score (nSPS) is 10.6. The highest BCUT2D eigenvalue weighted by atomic mass is 35.5. The Hall–Kier alpha value is -1.56. The molecule has 1 heterocycles. The molecular formula is C12H12Cl2N4O. The first-order chi connectivity index (χ1) is 9.08. The molecule has 0 spiro atoms. The molecular weight excluding hydrogens is 287 g/mol. The van der Waals surface area contributed by atoms with Gasteiger partial charge in [0.2, 0.25) is 5.91 Å². The van der Waals surface area contributed by atoms with Crippen molar-refractivity contribution < 1.29 is 4.79 Å². The van der Waals surface area contributed by atoms with Gasteiger partial charge in [-0.1, -0.05) is 23.2 Å². The number of carbonyl (C=O) groups excluding carboxylic acids is 1. The number of hydrogen-bond donors (Lipinski definition) is 3. The second-order valence-corrected chi connectivity index (χ2v) is 4.81. The zero-order valence-electron chi connectivity index (χ0n) is 9.91. The molecule has 0 radical (unpaired) electrons. The van der Waals surface area contributed by atoms with E-state index in [1.807, 2.05) is 6.07 Å². The number of primary amides is 1. The Morgan fingerprint density at radius 1 is 1.42 bits per heavy atom. The first kappa shape index (κ1) is 13.9. The number of rotatable bonds is 5. The summed E-state index contributed by atoms with van der Waals surface area (Å²) in [5, 5.41) is 10.9. The van der Waals surface area contributed by atoms with Crippen LogP contribution in [0.5, 0.6) is 0 Å². The summed E-state index contributed by atoms with van der Waals surface area (Å²) in [6.45, 7) is 0.576. The molecule has 0 aliphatic heterocycles. The molecule has 5 nitrogen and oxygen atoms in total. The summed E-state index contributed by atoms with van der Waals surface area (Å²) < 4.78 is 0. The van der Waals surface area contributed by atoms with E-state index >= 15 is 0 Å². The van der Waals surface area contributed by atoms with Crippen molar-refractivity contribution in [3.8, 4) is 11.3 Å². The van der Waals surface area contributed by atoms with Gasteiger partial charge in [-0.15, -0.1) is 0 Å². The van der Waals surface area contributed by atoms with E-state index < -0.39 is 5.91 Å². The summed E-state index contributed by atoms with van der Waals surface area (Å²) in [5.74, 6) is -0.408. The maximum absolute atomic E-state index is 10.7. The van der Waals surface area contributed by atoms with Gasteiger partial charge in [0.25, 0.3) is 0 Å². The first-order valence-electron chi connectivity index (χ1n) is 5.54. The Labute approximate surface area is 120 Å². The number of H-pyrrole nitrogens is 1. The molecule has 1 aromatic carbocycles. The van der Waals surface area contributed by atoms with Crippen LogP contribution in [-0.4, -0.2) is 22.6 Å². The van der Waals surface area contributed by atoms with E-state index in [9.17, 15) is 4.79 Å². The molecule has 0 aliphatic rings. The third kappa shape index (κ3) is 3.47. The summed E-state index contributed by atoms with van der Waals surface area (Å²) >= 11 is 12.0. The van der Waals surface area contributed by atoms with Gasteiger partial charge in [-0.25, -0.2) is 0 Å². The van der Waals surface area contributed by atoms with E-state index in [0.717, 1.165) is 16.8 Å². The Morgan fingerprint density at radius 2 is 2.21 bits per heavy atom. The average molecular weight is 299 g/mol. The fraction of sp³-hybridized carbons (Fsp3) is 0.167. The van der Waals surface area contributed by atoms with Crippen LogP contribution >= 0.6 is 23.2 Å². The third-order valence-corrected chi connectivity index (χ3v) is 3.08. The molecule has 0 aliphatic carbocycles. The van der Waals surface area contributed by atoms with Gasteiger partial charge in [0.1, 0.15) is 0 Å². The second-order valence-electron chi connectivity index (χ2n) is 3.96. The number of amides is 1. The highest BCUT2D eigenvalue weighted by Crippen LogP contribution is 2.30. The molecule has 0 atom stereocenters. The smallest absolute Gasteiger partial charge is 0.231 e. The summed E-state index contributed by atoms with van der Waals surface area (Å²) in [6.07, 6.45) is 1.67. The molecule has 19 heavy (non-hydrogen) atoms. The van der Waals surface area contributed by atoms with Gasteiger partial charge in [-0.05, 0) is 18.2 Å². The van der Waals surface area contributed by atoms with Gasteiger partial charge >= 0.3 is 0 Å². The molecule has 2 rings (SSSR count). The van der Waals surface area contributed by atoms with Crippen LogP contribution in [-0.2, 0) is 11.3 Å². The van der Waals surface area contributed by atoms with Gasteiger partial charge in [-0.3, -0.25) is 9.89 Å². The lowest BCUT2D eigenvalue weighted by molar-refractivity contribution is -0.117. The predicted molar refractivity (Wildman–Crippen MR) is 74.9 cm³/mol. The van der Waals surface area contributed by atoms with Crippen molar-refractivity contribution >= 4 is 29.1 Å². The van der Waals surface area contributed by atoms with Gasteiger partial charge in [-0.2, -0.15) is 5.10 Å². The van der Waals surface area contributed by atoms with Crippen LogP contribution in [0.3, 0.4) is 0 Å². The lowest BCUT2D eigenvalue weighted by Gasteiger charge is -2.06. The number of nitrogens with one attached hydrogen (secondary N) is 2. The van der Waals surface area contributed by atoms with Crippen LogP contribution in [0, 0.1) is 0 Å². The molecule has 100 valence electrons. The molecule has 0 unspecified atom stereocenters. The maximum atomic E-state index is 10.7. The summed E-state index contributed by atoms with van der Waals surface area (Å²) in [4.78, 5) is 10.7. The first-order valence-corrected chi connectivity index (χ1v) is 6.30. The molecule has 1 aromatic heterocycles. The number of carbonyl (C=O) groups is 1. The lowest BCUT2D eigenvalue weighted by atomic mass is 10.1. The summed E-state index contributed by atoms with van der Waals surface area (Å²) in [7, 11) is 0. The zero-order valence-corrected chi connectivity index (χ0v) is 11.4. The highest BCUT2D eigenvalue weighted by Gasteiger charge is 2.11. The van der Waals surface area contributed by atoms with Crippen LogP contribution in [0.25, 0.3) is 11.3 Å². The number of nitrogens with two attached hydrogens (primary N) is 1. The van der Waals surface area contributed by atoms with Crippen molar-refractivity contribution in [3.63, 3.8) is 0 Å². The monoisotopic (exact) mass is 298 g/mol. The minimum atomic E-state index is -0.408. The van der Waals surface area contributed by atoms with Gasteiger partial charge in [0.15, 0.2) is 0 Å². The molecule has 1 amide bonds. The SMILES string of the molecule is NC(=O)CNCc1cn[nH]c1-c1ccc(Cl)cc1Cl. The fourth-order valence-corrected chi connectivity index (χ4v) is 2.19. The number of benzene rings is 1. The van der Waals surface area contributed by atoms with E-state index in [4.69, 9.17) is 28.9 Å². The van der Waals surface area contributed by atoms with E-state index in [1.165, 1.54) is 0 Å². The van der Waals surface area contributed by atoms with Crippen LogP contribution in [0.15, 0.2) is 24.4 Å². The van der Waals surface area contributed by atoms with Crippen LogP contribution in [0.2, 0.25) is 10.0 Å². The fourth-order valence-electron chi connectivity index (χ4n) is 1.69. The molecule has 7 heteroatoms. The molecule has 2 aromatic rings. The molecule has 0 fully saturated rings. The van der Waals surface area contributed by atoms with E-state index in [-0.39, 0.29) is 6.54 Å². The van der Waals surface area contributed by atoms with Crippen LogP contribution in [0.4, 0.5) is 0 Å². The largest absolute Gasteiger partial charge is 0.369 e. The Kier molecular flexibility index (Phi) is 4.42. The van der Waals surface area contributed by atoms with Gasteiger partial charge < -0.3 is 11.1 Å². The Balaban J connectivity index is 2.21. The zero-order chi connectivity index (χ0) is 13.8. The molecule has 4 N–H and O–H groups in total. The van der Waals surface area contributed by atoms with Crippen molar-refractivity contribution in [2.75, 3.05) is 6.54 Å². The van der Waals surface area contributed by atoms with Crippen molar-refractivity contribution in [3.05, 3.63) is 40.0 Å². The number of halogens is 2. The number of aromatic amines is 1. The van der Waals surface area contributed by atoms with Gasteiger partial charge in [0, 0.05) is 22.7 Å². The summed E-state index contributed by atoms with van der Waals surface area (Å²) in [6, 6.07) is 5.24. The Morgan fingerprint density at radius 3 is 2.89 bits per heavy atom. The lowest BCUT2D eigenvalue weighted by Crippen LogP contribution is -2.28. The van der Waals surface area contributed by atoms with E-state index in [0.29, 0.717) is 16.6 Å². The predicted octanol–water partition coefficient (Wildman–Crippen LogP) is 1.96. The topological polar surface area (TPSA) is 83.8 Å². The number of aromatic nitrogens is 2. The van der Waals surface area contributed by atoms with Crippen LogP contribution < -0.4 is 11.1 Å². The minimum absolute atomic E-state index is 0.110. The molecule has 0 saturated heterocycles.